The summed E-state index contributed by atoms with van der Waals surface area (Å²) in [4.78, 5) is 18.7. The van der Waals surface area contributed by atoms with Crippen LogP contribution in [0.1, 0.15) is 18.4 Å². The van der Waals surface area contributed by atoms with Crippen LogP contribution in [0.15, 0.2) is 71.5 Å². The molecule has 0 saturated carbocycles. The number of piperidine rings is 1. The van der Waals surface area contributed by atoms with Gasteiger partial charge in [-0.1, -0.05) is 17.3 Å². The molecule has 1 fully saturated rings. The summed E-state index contributed by atoms with van der Waals surface area (Å²) in [6, 6.07) is 15.4. The smallest absolute Gasteiger partial charge is 0.323 e. The lowest BCUT2D eigenvalue weighted by Gasteiger charge is -2.32. The number of nitrogens with zero attached hydrogens (tertiary/aromatic N) is 3. The van der Waals surface area contributed by atoms with E-state index in [2.05, 4.69) is 21.5 Å². The van der Waals surface area contributed by atoms with Gasteiger partial charge in [0, 0.05) is 19.3 Å². The fraction of sp³-hybridized carbons (Fsp3) is 0.240. The number of benzene rings is 2. The summed E-state index contributed by atoms with van der Waals surface area (Å²) >= 11 is 0. The highest BCUT2D eigenvalue weighted by molar-refractivity contribution is 5.97. The van der Waals surface area contributed by atoms with Gasteiger partial charge in [-0.05, 0) is 73.2 Å². The van der Waals surface area contributed by atoms with Crippen molar-refractivity contribution in [2.45, 2.75) is 19.3 Å². The van der Waals surface area contributed by atoms with E-state index in [1.54, 1.807) is 30.6 Å². The van der Waals surface area contributed by atoms with Crippen LogP contribution in [-0.4, -0.2) is 34.2 Å². The van der Waals surface area contributed by atoms with Crippen molar-refractivity contribution in [2.75, 3.05) is 18.4 Å². The third-order valence-electron chi connectivity index (χ3n) is 5.78. The number of hydrogen-bond acceptors (Lipinski definition) is 5. The molecule has 1 unspecified atom stereocenters. The molecule has 0 aliphatic carbocycles. The van der Waals surface area contributed by atoms with Crippen molar-refractivity contribution in [3.8, 4) is 11.5 Å². The van der Waals surface area contributed by atoms with E-state index < -0.39 is 0 Å². The standard InChI is InChI=1S/C25H23FN4O3/c26-19-6-8-20(9-7-19)32-21-5-1-3-17(14-21)13-18-4-2-12-30(16-18)25(31)28-24-22-10-11-27-15-23(22)33-29-24/h1,3,5-11,14-15,18H,2,4,12-13,16H2,(H,28,29,31). The predicted molar refractivity (Wildman–Crippen MR) is 122 cm³/mol. The second-order valence-corrected chi connectivity index (χ2v) is 8.19. The minimum absolute atomic E-state index is 0.180. The average Bonchev–Trinajstić information content (AvgIpc) is 3.24. The third-order valence-corrected chi connectivity index (χ3v) is 5.78. The first-order valence-corrected chi connectivity index (χ1v) is 10.9. The van der Waals surface area contributed by atoms with Crippen molar-refractivity contribution in [1.82, 2.24) is 15.0 Å². The van der Waals surface area contributed by atoms with E-state index in [4.69, 9.17) is 9.26 Å². The summed E-state index contributed by atoms with van der Waals surface area (Å²) < 4.78 is 24.2. The third kappa shape index (κ3) is 4.95. The first kappa shape index (κ1) is 20.9. The summed E-state index contributed by atoms with van der Waals surface area (Å²) in [5, 5.41) is 7.55. The molecule has 7 nitrogen and oxygen atoms in total. The fourth-order valence-corrected chi connectivity index (χ4v) is 4.19. The molecule has 0 spiro atoms. The zero-order valence-corrected chi connectivity index (χ0v) is 17.9. The van der Waals surface area contributed by atoms with E-state index in [9.17, 15) is 9.18 Å². The number of likely N-dealkylation sites (tertiary alicyclic amines) is 1. The van der Waals surface area contributed by atoms with Gasteiger partial charge in [0.2, 0.25) is 0 Å². The molecule has 3 heterocycles. The van der Waals surface area contributed by atoms with Gasteiger partial charge < -0.3 is 14.2 Å². The summed E-state index contributed by atoms with van der Waals surface area (Å²) in [5.74, 6) is 1.74. The zero-order chi connectivity index (χ0) is 22.6. The molecule has 1 N–H and O–H groups in total. The summed E-state index contributed by atoms with van der Waals surface area (Å²) in [6.07, 6.45) is 6.03. The van der Waals surface area contributed by atoms with Gasteiger partial charge in [-0.3, -0.25) is 10.3 Å². The highest BCUT2D eigenvalue weighted by Gasteiger charge is 2.25. The van der Waals surface area contributed by atoms with Gasteiger partial charge in [0.05, 0.1) is 11.6 Å². The number of halogens is 1. The number of amides is 2. The van der Waals surface area contributed by atoms with Crippen LogP contribution in [-0.2, 0) is 6.42 Å². The number of carbonyl (C=O) groups excluding carboxylic acids is 1. The number of nitrogens with one attached hydrogen (secondary N) is 1. The molecule has 33 heavy (non-hydrogen) atoms. The molecule has 0 radical (unpaired) electrons. The average molecular weight is 446 g/mol. The van der Waals surface area contributed by atoms with Crippen molar-refractivity contribution in [3.05, 3.63) is 78.4 Å². The summed E-state index contributed by atoms with van der Waals surface area (Å²) in [5.41, 5.74) is 1.67. The molecule has 1 aliphatic rings. The molecule has 1 aliphatic heterocycles. The Labute approximate surface area is 190 Å². The van der Waals surface area contributed by atoms with Crippen molar-refractivity contribution < 1.29 is 18.4 Å². The largest absolute Gasteiger partial charge is 0.457 e. The molecule has 2 aromatic heterocycles. The zero-order valence-electron chi connectivity index (χ0n) is 17.9. The van der Waals surface area contributed by atoms with Crippen LogP contribution in [0, 0.1) is 11.7 Å². The van der Waals surface area contributed by atoms with Crippen LogP contribution in [0.2, 0.25) is 0 Å². The van der Waals surface area contributed by atoms with Crippen molar-refractivity contribution in [2.24, 2.45) is 5.92 Å². The Morgan fingerprint density at radius 1 is 1.18 bits per heavy atom. The van der Waals surface area contributed by atoms with Gasteiger partial charge >= 0.3 is 6.03 Å². The van der Waals surface area contributed by atoms with Gasteiger partial charge in [-0.2, -0.15) is 0 Å². The number of hydrogen-bond donors (Lipinski definition) is 1. The second kappa shape index (κ2) is 9.28. The van der Waals surface area contributed by atoms with E-state index in [0.29, 0.717) is 41.9 Å². The summed E-state index contributed by atoms with van der Waals surface area (Å²) in [7, 11) is 0. The quantitative estimate of drug-likeness (QED) is 0.429. The van der Waals surface area contributed by atoms with E-state index >= 15 is 0 Å². The predicted octanol–water partition coefficient (Wildman–Crippen LogP) is 5.64. The Morgan fingerprint density at radius 2 is 2.06 bits per heavy atom. The maximum absolute atomic E-state index is 13.1. The highest BCUT2D eigenvalue weighted by atomic mass is 19.1. The van der Waals surface area contributed by atoms with Crippen LogP contribution in [0.4, 0.5) is 15.0 Å². The van der Waals surface area contributed by atoms with E-state index in [1.807, 2.05) is 23.1 Å². The SMILES string of the molecule is O=C(Nc1noc2cnccc12)N1CCCC(Cc2cccc(Oc3ccc(F)cc3)c2)C1. The Morgan fingerprint density at radius 3 is 2.94 bits per heavy atom. The van der Waals surface area contributed by atoms with E-state index in [-0.39, 0.29) is 11.8 Å². The van der Waals surface area contributed by atoms with Crippen LogP contribution in [0.5, 0.6) is 11.5 Å². The fourth-order valence-electron chi connectivity index (χ4n) is 4.19. The van der Waals surface area contributed by atoms with Crippen LogP contribution in [0.3, 0.4) is 0 Å². The first-order valence-electron chi connectivity index (χ1n) is 10.9. The van der Waals surface area contributed by atoms with Gasteiger partial charge in [-0.15, -0.1) is 0 Å². The van der Waals surface area contributed by atoms with Crippen molar-refractivity contribution in [3.63, 3.8) is 0 Å². The number of anilines is 1. The molecule has 1 saturated heterocycles. The maximum Gasteiger partial charge on any atom is 0.323 e. The van der Waals surface area contributed by atoms with E-state index in [0.717, 1.165) is 30.2 Å². The van der Waals surface area contributed by atoms with Gasteiger partial charge in [0.15, 0.2) is 11.4 Å². The number of aromatic nitrogens is 2. The van der Waals surface area contributed by atoms with Crippen molar-refractivity contribution >= 4 is 22.8 Å². The molecule has 8 heteroatoms. The molecule has 2 amide bonds. The molecule has 5 rings (SSSR count). The van der Waals surface area contributed by atoms with Gasteiger partial charge in [0.25, 0.3) is 0 Å². The lowest BCUT2D eigenvalue weighted by Crippen LogP contribution is -2.42. The molecular formula is C25H23FN4O3. The normalized spacial score (nSPS) is 16.0. The molecule has 168 valence electrons. The van der Waals surface area contributed by atoms with Gasteiger partial charge in [-0.25, -0.2) is 9.18 Å². The number of ether oxygens (including phenoxy) is 1. The Balaban J connectivity index is 1.21. The lowest BCUT2D eigenvalue weighted by molar-refractivity contribution is 0.177. The summed E-state index contributed by atoms with van der Waals surface area (Å²) in [6.45, 7) is 1.36. The Hall–Kier alpha value is -3.94. The molecular weight excluding hydrogens is 423 g/mol. The Kier molecular flexibility index (Phi) is 5.89. The minimum Gasteiger partial charge on any atom is -0.457 e. The molecule has 2 aromatic carbocycles. The van der Waals surface area contributed by atoms with Crippen LogP contribution < -0.4 is 10.1 Å². The molecule has 0 bridgehead atoms. The van der Waals surface area contributed by atoms with Crippen molar-refractivity contribution in [1.29, 1.82) is 0 Å². The Bertz CT molecular complexity index is 1260. The maximum atomic E-state index is 13.1. The van der Waals surface area contributed by atoms with Gasteiger partial charge in [0.1, 0.15) is 17.3 Å². The first-order chi connectivity index (χ1) is 16.1. The number of carbonyl (C=O) groups is 1. The number of fused-ring (bicyclic) bond motifs is 1. The topological polar surface area (TPSA) is 80.5 Å². The minimum atomic E-state index is -0.296. The number of rotatable bonds is 5. The van der Waals surface area contributed by atoms with Crippen LogP contribution >= 0.6 is 0 Å². The monoisotopic (exact) mass is 446 g/mol. The van der Waals surface area contributed by atoms with Crippen LogP contribution in [0.25, 0.3) is 11.0 Å². The van der Waals surface area contributed by atoms with E-state index in [1.165, 1.54) is 12.1 Å². The molecule has 1 atom stereocenters. The lowest BCUT2D eigenvalue weighted by atomic mass is 9.91. The second-order valence-electron chi connectivity index (χ2n) is 8.19. The molecule has 4 aromatic rings. The number of pyridine rings is 1. The highest BCUT2D eigenvalue weighted by Crippen LogP contribution is 2.27. The number of urea groups is 1.